The third-order valence-electron chi connectivity index (χ3n) is 3.04. The molecule has 1 N–H and O–H groups in total. The van der Waals surface area contributed by atoms with E-state index in [0.29, 0.717) is 17.4 Å². The number of thiazole rings is 1. The van der Waals surface area contributed by atoms with Crippen molar-refractivity contribution in [3.05, 3.63) is 47.2 Å². The molecule has 0 saturated heterocycles. The first-order valence-corrected chi connectivity index (χ1v) is 7.99. The third kappa shape index (κ3) is 3.95. The summed E-state index contributed by atoms with van der Waals surface area (Å²) in [5, 5.41) is 7.64. The summed E-state index contributed by atoms with van der Waals surface area (Å²) in [4.78, 5) is 15.7. The summed E-state index contributed by atoms with van der Waals surface area (Å²) in [5.41, 5.74) is 5.26. The van der Waals surface area contributed by atoms with E-state index in [-0.39, 0.29) is 12.4 Å². The van der Waals surface area contributed by atoms with Gasteiger partial charge in [0, 0.05) is 10.8 Å². The third-order valence-corrected chi connectivity index (χ3v) is 3.83. The fourth-order valence-electron chi connectivity index (χ4n) is 2.01. The molecule has 0 aliphatic carbocycles. The van der Waals surface area contributed by atoms with Gasteiger partial charge < -0.3 is 9.15 Å². The van der Waals surface area contributed by atoms with Crippen LogP contribution in [0.4, 0.5) is 5.13 Å². The summed E-state index contributed by atoms with van der Waals surface area (Å²) in [5.74, 6) is -0.278. The van der Waals surface area contributed by atoms with Crippen molar-refractivity contribution in [2.45, 2.75) is 13.3 Å². The van der Waals surface area contributed by atoms with Crippen LogP contribution in [0, 0.1) is 0 Å². The second-order valence-corrected chi connectivity index (χ2v) is 5.57. The number of esters is 1. The van der Waals surface area contributed by atoms with Crippen LogP contribution in [0.15, 0.2) is 45.4 Å². The zero-order chi connectivity index (χ0) is 16.1. The number of rotatable bonds is 6. The first-order valence-electron chi connectivity index (χ1n) is 7.11. The van der Waals surface area contributed by atoms with E-state index >= 15 is 0 Å². The zero-order valence-corrected chi connectivity index (χ0v) is 13.3. The normalized spacial score (nSPS) is 11.2. The maximum absolute atomic E-state index is 11.4. The summed E-state index contributed by atoms with van der Waals surface area (Å²) in [6, 6.07) is 7.75. The van der Waals surface area contributed by atoms with Gasteiger partial charge in [0.05, 0.1) is 31.2 Å². The molecule has 0 unspecified atom stereocenters. The Balaban J connectivity index is 1.59. The van der Waals surface area contributed by atoms with Gasteiger partial charge >= 0.3 is 5.97 Å². The Morgan fingerprint density at radius 1 is 1.48 bits per heavy atom. The first kappa shape index (κ1) is 15.2. The molecule has 7 heteroatoms. The van der Waals surface area contributed by atoms with E-state index < -0.39 is 0 Å². The van der Waals surface area contributed by atoms with Crippen LogP contribution in [0.1, 0.15) is 18.2 Å². The Kier molecular flexibility index (Phi) is 4.68. The number of hydrogen-bond donors (Lipinski definition) is 1. The smallest absolute Gasteiger partial charge is 0.311 e. The van der Waals surface area contributed by atoms with Crippen molar-refractivity contribution in [2.24, 2.45) is 5.10 Å². The SMILES string of the molecule is CCOC(=O)Cc1csc(NN=Cc2ccc3ccoc3c2)n1. The van der Waals surface area contributed by atoms with Gasteiger partial charge in [-0.15, -0.1) is 11.3 Å². The molecule has 23 heavy (non-hydrogen) atoms. The van der Waals surface area contributed by atoms with Crippen molar-refractivity contribution in [1.82, 2.24) is 4.98 Å². The minimum atomic E-state index is -0.278. The lowest BCUT2D eigenvalue weighted by molar-refractivity contribution is -0.142. The Hall–Kier alpha value is -2.67. The van der Waals surface area contributed by atoms with E-state index in [4.69, 9.17) is 9.15 Å². The van der Waals surface area contributed by atoms with Gasteiger partial charge in [-0.2, -0.15) is 5.10 Å². The van der Waals surface area contributed by atoms with Crippen LogP contribution in [0.25, 0.3) is 11.0 Å². The van der Waals surface area contributed by atoms with E-state index in [1.807, 2.05) is 29.6 Å². The van der Waals surface area contributed by atoms with Crippen LogP contribution < -0.4 is 5.43 Å². The summed E-state index contributed by atoms with van der Waals surface area (Å²) in [6.07, 6.45) is 3.52. The van der Waals surface area contributed by atoms with Gasteiger partial charge in [-0.05, 0) is 24.6 Å². The fraction of sp³-hybridized carbons (Fsp3) is 0.188. The van der Waals surface area contributed by atoms with E-state index in [1.54, 1.807) is 19.4 Å². The lowest BCUT2D eigenvalue weighted by atomic mass is 10.2. The molecule has 0 bridgehead atoms. The van der Waals surface area contributed by atoms with Crippen LogP contribution in [0.3, 0.4) is 0 Å². The van der Waals surface area contributed by atoms with Gasteiger partial charge in [0.25, 0.3) is 0 Å². The summed E-state index contributed by atoms with van der Waals surface area (Å²) in [6.45, 7) is 2.15. The number of fused-ring (bicyclic) bond motifs is 1. The van der Waals surface area contributed by atoms with E-state index in [0.717, 1.165) is 16.5 Å². The number of anilines is 1. The molecule has 2 aromatic heterocycles. The van der Waals surface area contributed by atoms with Crippen molar-refractivity contribution >= 4 is 39.6 Å². The van der Waals surface area contributed by atoms with Crippen LogP contribution in [-0.4, -0.2) is 23.8 Å². The molecule has 1 aromatic carbocycles. The van der Waals surface area contributed by atoms with Gasteiger partial charge in [-0.1, -0.05) is 12.1 Å². The number of benzene rings is 1. The van der Waals surface area contributed by atoms with Crippen molar-refractivity contribution < 1.29 is 13.9 Å². The summed E-state index contributed by atoms with van der Waals surface area (Å²) < 4.78 is 10.2. The number of aromatic nitrogens is 1. The standard InChI is InChI=1S/C16H15N3O3S/c1-2-21-15(20)8-13-10-23-16(18-13)19-17-9-11-3-4-12-5-6-22-14(12)7-11/h3-7,9-10H,2,8H2,1H3,(H,18,19). The van der Waals surface area contributed by atoms with Crippen LogP contribution >= 0.6 is 11.3 Å². The maximum Gasteiger partial charge on any atom is 0.311 e. The number of hydrazone groups is 1. The highest BCUT2D eigenvalue weighted by molar-refractivity contribution is 7.13. The Morgan fingerprint density at radius 3 is 3.26 bits per heavy atom. The van der Waals surface area contributed by atoms with Crippen molar-refractivity contribution in [3.63, 3.8) is 0 Å². The number of nitrogens with zero attached hydrogens (tertiary/aromatic N) is 2. The molecule has 0 radical (unpaired) electrons. The quantitative estimate of drug-likeness (QED) is 0.426. The van der Waals surface area contributed by atoms with E-state index in [2.05, 4.69) is 15.5 Å². The average Bonchev–Trinajstić information content (AvgIpc) is 3.16. The van der Waals surface area contributed by atoms with Crippen LogP contribution in [0.2, 0.25) is 0 Å². The monoisotopic (exact) mass is 329 g/mol. The van der Waals surface area contributed by atoms with Gasteiger partial charge in [-0.25, -0.2) is 4.98 Å². The highest BCUT2D eigenvalue weighted by Crippen LogP contribution is 2.17. The number of hydrogen-bond acceptors (Lipinski definition) is 7. The number of carbonyl (C=O) groups excluding carboxylic acids is 1. The minimum absolute atomic E-state index is 0.172. The number of furan rings is 1. The average molecular weight is 329 g/mol. The zero-order valence-electron chi connectivity index (χ0n) is 12.5. The predicted molar refractivity (Wildman–Crippen MR) is 89.9 cm³/mol. The molecule has 0 atom stereocenters. The number of nitrogens with one attached hydrogen (secondary N) is 1. The van der Waals surface area contributed by atoms with Gasteiger partial charge in [0.1, 0.15) is 5.58 Å². The lowest BCUT2D eigenvalue weighted by Gasteiger charge is -1.98. The molecule has 3 rings (SSSR count). The van der Waals surface area contributed by atoms with Crippen LogP contribution in [-0.2, 0) is 16.0 Å². The molecular weight excluding hydrogens is 314 g/mol. The maximum atomic E-state index is 11.4. The van der Waals surface area contributed by atoms with Crippen LogP contribution in [0.5, 0.6) is 0 Å². The molecule has 0 aliphatic heterocycles. The first-order chi connectivity index (χ1) is 11.2. The molecule has 0 amide bonds. The minimum Gasteiger partial charge on any atom is -0.466 e. The van der Waals surface area contributed by atoms with E-state index in [9.17, 15) is 4.79 Å². The second-order valence-electron chi connectivity index (χ2n) is 4.71. The van der Waals surface area contributed by atoms with Crippen molar-refractivity contribution in [3.8, 4) is 0 Å². The lowest BCUT2D eigenvalue weighted by Crippen LogP contribution is -2.07. The molecule has 118 valence electrons. The molecule has 0 aliphatic rings. The van der Waals surface area contributed by atoms with E-state index in [1.165, 1.54) is 11.3 Å². The van der Waals surface area contributed by atoms with Crippen molar-refractivity contribution in [1.29, 1.82) is 0 Å². The fourth-order valence-corrected chi connectivity index (χ4v) is 2.67. The molecular formula is C16H15N3O3S. The van der Waals surface area contributed by atoms with Crippen molar-refractivity contribution in [2.75, 3.05) is 12.0 Å². The molecule has 0 spiro atoms. The van der Waals surface area contributed by atoms with Gasteiger partial charge in [-0.3, -0.25) is 10.2 Å². The summed E-state index contributed by atoms with van der Waals surface area (Å²) in [7, 11) is 0. The highest BCUT2D eigenvalue weighted by atomic mass is 32.1. The largest absolute Gasteiger partial charge is 0.466 e. The predicted octanol–water partition coefficient (Wildman–Crippen LogP) is 3.44. The Morgan fingerprint density at radius 2 is 2.39 bits per heavy atom. The molecule has 0 saturated carbocycles. The highest BCUT2D eigenvalue weighted by Gasteiger charge is 2.07. The molecule has 6 nitrogen and oxygen atoms in total. The topological polar surface area (TPSA) is 76.7 Å². The Bertz CT molecular complexity index is 838. The molecule has 3 aromatic rings. The van der Waals surface area contributed by atoms with Gasteiger partial charge in [0.2, 0.25) is 5.13 Å². The summed E-state index contributed by atoms with van der Waals surface area (Å²) >= 11 is 1.39. The molecule has 2 heterocycles. The Labute approximate surface area is 136 Å². The molecule has 0 fully saturated rings. The number of ether oxygens (including phenoxy) is 1. The number of carbonyl (C=O) groups is 1. The van der Waals surface area contributed by atoms with Gasteiger partial charge in [0.15, 0.2) is 0 Å². The second kappa shape index (κ2) is 7.06.